The molecule has 0 radical (unpaired) electrons. The molecule has 2 atom stereocenters. The molecule has 18 heavy (non-hydrogen) atoms. The maximum Gasteiger partial charge on any atom is 0.137 e. The summed E-state index contributed by atoms with van der Waals surface area (Å²) in [6.45, 7) is 2.89. The molecule has 0 spiro atoms. The first-order valence-corrected chi connectivity index (χ1v) is 6.98. The van der Waals surface area contributed by atoms with E-state index in [4.69, 9.17) is 10.2 Å². The molecule has 2 N–H and O–H groups in total. The van der Waals surface area contributed by atoms with Gasteiger partial charge in [0.1, 0.15) is 11.3 Å². The molecule has 2 unspecified atom stereocenters. The molecule has 0 saturated heterocycles. The third-order valence-corrected chi connectivity index (χ3v) is 4.34. The van der Waals surface area contributed by atoms with Crippen LogP contribution in [-0.4, -0.2) is 6.54 Å². The molecule has 0 aliphatic heterocycles. The van der Waals surface area contributed by atoms with Crippen LogP contribution in [-0.2, 0) is 0 Å². The summed E-state index contributed by atoms with van der Waals surface area (Å²) >= 11 is 0. The van der Waals surface area contributed by atoms with Crippen LogP contribution in [0.2, 0.25) is 0 Å². The lowest BCUT2D eigenvalue weighted by molar-refractivity contribution is 0.282. The average molecular weight is 243 g/mol. The molecule has 1 fully saturated rings. The van der Waals surface area contributed by atoms with Gasteiger partial charge in [0.25, 0.3) is 0 Å². The molecule has 1 heterocycles. The van der Waals surface area contributed by atoms with E-state index >= 15 is 0 Å². The Kier molecular flexibility index (Phi) is 3.13. The minimum Gasteiger partial charge on any atom is -0.460 e. The number of hydrogen-bond donors (Lipinski definition) is 1. The minimum atomic E-state index is 0.524. The van der Waals surface area contributed by atoms with Gasteiger partial charge in [-0.2, -0.15) is 0 Å². The second kappa shape index (κ2) is 4.77. The van der Waals surface area contributed by atoms with Gasteiger partial charge in [0.15, 0.2) is 0 Å². The van der Waals surface area contributed by atoms with Crippen LogP contribution in [0.25, 0.3) is 11.0 Å². The Morgan fingerprint density at radius 2 is 2.11 bits per heavy atom. The second-order valence-electron chi connectivity index (χ2n) is 5.53. The van der Waals surface area contributed by atoms with Crippen LogP contribution < -0.4 is 5.73 Å². The molecule has 0 amide bonds. The molecule has 96 valence electrons. The Hall–Kier alpha value is -1.28. The van der Waals surface area contributed by atoms with Crippen LogP contribution in [0.4, 0.5) is 0 Å². The SMILES string of the molecule is Cc1cccc2cc(C3CCCCC3CN)oc12. The molecule has 1 saturated carbocycles. The number of benzene rings is 1. The van der Waals surface area contributed by atoms with Crippen molar-refractivity contribution in [1.29, 1.82) is 0 Å². The summed E-state index contributed by atoms with van der Waals surface area (Å²) in [7, 11) is 0. The van der Waals surface area contributed by atoms with E-state index in [1.165, 1.54) is 36.6 Å². The Balaban J connectivity index is 2.00. The highest BCUT2D eigenvalue weighted by molar-refractivity contribution is 5.81. The molecule has 2 nitrogen and oxygen atoms in total. The lowest BCUT2D eigenvalue weighted by atomic mass is 9.78. The van der Waals surface area contributed by atoms with Gasteiger partial charge in [-0.05, 0) is 43.9 Å². The number of fused-ring (bicyclic) bond motifs is 1. The fourth-order valence-corrected chi connectivity index (χ4v) is 3.28. The number of rotatable bonds is 2. The average Bonchev–Trinajstić information content (AvgIpc) is 2.84. The van der Waals surface area contributed by atoms with E-state index in [9.17, 15) is 0 Å². The molecule has 2 heteroatoms. The predicted molar refractivity (Wildman–Crippen MR) is 74.7 cm³/mol. The quantitative estimate of drug-likeness (QED) is 0.866. The summed E-state index contributed by atoms with van der Waals surface area (Å²) in [6.07, 6.45) is 5.09. The van der Waals surface area contributed by atoms with Crippen molar-refractivity contribution in [2.75, 3.05) is 6.54 Å². The summed E-state index contributed by atoms with van der Waals surface area (Å²) in [5.74, 6) is 2.27. The highest BCUT2D eigenvalue weighted by Crippen LogP contribution is 2.39. The van der Waals surface area contributed by atoms with Crippen molar-refractivity contribution in [2.24, 2.45) is 11.7 Å². The highest BCUT2D eigenvalue weighted by atomic mass is 16.3. The summed E-state index contributed by atoms with van der Waals surface area (Å²) in [5.41, 5.74) is 8.18. The van der Waals surface area contributed by atoms with Gasteiger partial charge in [-0.1, -0.05) is 31.0 Å². The molecule has 1 aliphatic carbocycles. The number of furan rings is 1. The van der Waals surface area contributed by atoms with Gasteiger partial charge in [-0.3, -0.25) is 0 Å². The lowest BCUT2D eigenvalue weighted by Crippen LogP contribution is -2.24. The Labute approximate surface area is 108 Å². The minimum absolute atomic E-state index is 0.524. The van der Waals surface area contributed by atoms with Crippen LogP contribution in [0.1, 0.15) is 42.9 Å². The van der Waals surface area contributed by atoms with Crippen LogP contribution in [0.15, 0.2) is 28.7 Å². The van der Waals surface area contributed by atoms with Gasteiger partial charge in [-0.25, -0.2) is 0 Å². The summed E-state index contributed by atoms with van der Waals surface area (Å²) in [5, 5.41) is 1.23. The van der Waals surface area contributed by atoms with Crippen molar-refractivity contribution in [1.82, 2.24) is 0 Å². The molecule has 1 aliphatic rings. The third-order valence-electron chi connectivity index (χ3n) is 4.34. The zero-order valence-electron chi connectivity index (χ0n) is 11.0. The van der Waals surface area contributed by atoms with Gasteiger partial charge < -0.3 is 10.2 Å². The van der Waals surface area contributed by atoms with Crippen LogP contribution in [0, 0.1) is 12.8 Å². The third kappa shape index (κ3) is 1.95. The molecular formula is C16H21NO. The number of nitrogens with two attached hydrogens (primary N) is 1. The van der Waals surface area contributed by atoms with Crippen LogP contribution in [0.5, 0.6) is 0 Å². The molecule has 0 bridgehead atoms. The molecule has 2 aromatic rings. The van der Waals surface area contributed by atoms with Crippen molar-refractivity contribution < 1.29 is 4.42 Å². The van der Waals surface area contributed by atoms with Gasteiger partial charge in [-0.15, -0.1) is 0 Å². The van der Waals surface area contributed by atoms with E-state index in [1.54, 1.807) is 0 Å². The predicted octanol–water partition coefficient (Wildman–Crippen LogP) is 3.97. The lowest BCUT2D eigenvalue weighted by Gasteiger charge is -2.28. The number of hydrogen-bond acceptors (Lipinski definition) is 2. The molecule has 3 rings (SSSR count). The fraction of sp³-hybridized carbons (Fsp3) is 0.500. The monoisotopic (exact) mass is 243 g/mol. The van der Waals surface area contributed by atoms with Crippen molar-refractivity contribution in [2.45, 2.75) is 38.5 Å². The second-order valence-corrected chi connectivity index (χ2v) is 5.53. The van der Waals surface area contributed by atoms with Gasteiger partial charge in [0.2, 0.25) is 0 Å². The van der Waals surface area contributed by atoms with Gasteiger partial charge in [0, 0.05) is 11.3 Å². The molecule has 1 aromatic carbocycles. The first-order chi connectivity index (χ1) is 8.79. The zero-order valence-corrected chi connectivity index (χ0v) is 11.0. The van der Waals surface area contributed by atoms with E-state index < -0.39 is 0 Å². The van der Waals surface area contributed by atoms with Crippen LogP contribution in [0.3, 0.4) is 0 Å². The smallest absolute Gasteiger partial charge is 0.137 e. The summed E-state index contributed by atoms with van der Waals surface area (Å²) in [4.78, 5) is 0. The fourth-order valence-electron chi connectivity index (χ4n) is 3.28. The van der Waals surface area contributed by atoms with E-state index in [0.29, 0.717) is 11.8 Å². The molecular weight excluding hydrogens is 222 g/mol. The number of aryl methyl sites for hydroxylation is 1. The first kappa shape index (κ1) is 11.8. The normalized spacial score (nSPS) is 24.6. The van der Waals surface area contributed by atoms with Crippen molar-refractivity contribution in [3.8, 4) is 0 Å². The maximum absolute atomic E-state index is 6.11. The van der Waals surface area contributed by atoms with Gasteiger partial charge >= 0.3 is 0 Å². The summed E-state index contributed by atoms with van der Waals surface area (Å²) in [6, 6.07) is 8.56. The largest absolute Gasteiger partial charge is 0.460 e. The van der Waals surface area contributed by atoms with E-state index in [-0.39, 0.29) is 0 Å². The Morgan fingerprint density at radius 3 is 2.89 bits per heavy atom. The number of para-hydroxylation sites is 1. The van der Waals surface area contributed by atoms with E-state index in [1.807, 2.05) is 0 Å². The van der Waals surface area contributed by atoms with E-state index in [0.717, 1.165) is 17.9 Å². The van der Waals surface area contributed by atoms with Crippen LogP contribution >= 0.6 is 0 Å². The van der Waals surface area contributed by atoms with Gasteiger partial charge in [0.05, 0.1) is 0 Å². The Morgan fingerprint density at radius 1 is 1.28 bits per heavy atom. The standard InChI is InChI=1S/C16H21NO/c1-11-5-4-7-12-9-15(18-16(11)12)14-8-3-2-6-13(14)10-17/h4-5,7,9,13-14H,2-3,6,8,10,17H2,1H3. The summed E-state index contributed by atoms with van der Waals surface area (Å²) < 4.78 is 6.11. The zero-order chi connectivity index (χ0) is 12.5. The van der Waals surface area contributed by atoms with Crippen molar-refractivity contribution in [3.05, 3.63) is 35.6 Å². The molecule has 1 aromatic heterocycles. The van der Waals surface area contributed by atoms with Crippen molar-refractivity contribution in [3.63, 3.8) is 0 Å². The Bertz CT molecular complexity index is 543. The van der Waals surface area contributed by atoms with Crippen molar-refractivity contribution >= 4 is 11.0 Å². The maximum atomic E-state index is 6.11. The van der Waals surface area contributed by atoms with E-state index in [2.05, 4.69) is 31.2 Å². The topological polar surface area (TPSA) is 39.2 Å². The first-order valence-electron chi connectivity index (χ1n) is 6.98. The highest BCUT2D eigenvalue weighted by Gasteiger charge is 2.28.